The summed E-state index contributed by atoms with van der Waals surface area (Å²) in [6.07, 6.45) is 9.01. The van der Waals surface area contributed by atoms with Crippen molar-refractivity contribution in [3.05, 3.63) is 0 Å². The van der Waals surface area contributed by atoms with E-state index in [-0.39, 0.29) is 0 Å². The Kier molecular flexibility index (Phi) is 1.31. The van der Waals surface area contributed by atoms with Crippen LogP contribution in [0, 0.1) is 11.8 Å². The Morgan fingerprint density at radius 3 is 2.36 bits per heavy atom. The van der Waals surface area contributed by atoms with Crippen molar-refractivity contribution in [2.45, 2.75) is 50.6 Å². The Morgan fingerprint density at radius 2 is 1.82 bits per heavy atom. The molecule has 0 aromatic heterocycles. The van der Waals surface area contributed by atoms with E-state index in [0.717, 1.165) is 23.9 Å². The first-order chi connectivity index (χ1) is 5.42. The molecule has 2 bridgehead atoms. The summed E-state index contributed by atoms with van der Waals surface area (Å²) in [4.78, 5) is 0. The Labute approximate surface area is 68.6 Å². The largest absolute Gasteiger partial charge is 0.311 e. The first-order valence-corrected chi connectivity index (χ1v) is 5.18. The molecule has 3 atom stereocenters. The van der Waals surface area contributed by atoms with Gasteiger partial charge < -0.3 is 5.32 Å². The molecule has 3 fully saturated rings. The van der Waals surface area contributed by atoms with Crippen molar-refractivity contribution in [2.24, 2.45) is 11.8 Å². The lowest BCUT2D eigenvalue weighted by atomic mass is 9.95. The van der Waals surface area contributed by atoms with Crippen LogP contribution in [0.15, 0.2) is 0 Å². The molecule has 3 saturated carbocycles. The molecular formula is C10H17N. The van der Waals surface area contributed by atoms with Gasteiger partial charge in [0.1, 0.15) is 0 Å². The van der Waals surface area contributed by atoms with Crippen LogP contribution in [0.25, 0.3) is 0 Å². The lowest BCUT2D eigenvalue weighted by Gasteiger charge is -2.22. The molecule has 0 aromatic carbocycles. The fourth-order valence-electron chi connectivity index (χ4n) is 3.00. The van der Waals surface area contributed by atoms with Crippen molar-refractivity contribution in [1.82, 2.24) is 5.32 Å². The van der Waals surface area contributed by atoms with Gasteiger partial charge in [-0.05, 0) is 43.9 Å². The minimum Gasteiger partial charge on any atom is -0.311 e. The predicted octanol–water partition coefficient (Wildman–Crippen LogP) is 1.93. The van der Waals surface area contributed by atoms with Gasteiger partial charge in [0, 0.05) is 12.1 Å². The Bertz CT molecular complexity index is 162. The third-order valence-corrected chi connectivity index (χ3v) is 3.77. The van der Waals surface area contributed by atoms with Crippen LogP contribution in [0.1, 0.15) is 38.5 Å². The average molecular weight is 151 g/mol. The SMILES string of the molecule is C1CC1N[C@H]1C[C@H]2CC[C@@H]1C2. The third kappa shape index (κ3) is 1.10. The number of hydrogen-bond donors (Lipinski definition) is 1. The van der Waals surface area contributed by atoms with Crippen LogP contribution in [0.2, 0.25) is 0 Å². The molecule has 0 aromatic rings. The zero-order valence-electron chi connectivity index (χ0n) is 7.05. The molecule has 3 rings (SSSR count). The summed E-state index contributed by atoms with van der Waals surface area (Å²) in [5.74, 6) is 2.18. The van der Waals surface area contributed by atoms with Gasteiger partial charge in [0.05, 0.1) is 0 Å². The normalized spacial score (nSPS) is 48.5. The van der Waals surface area contributed by atoms with E-state index in [1.165, 1.54) is 32.1 Å². The van der Waals surface area contributed by atoms with Gasteiger partial charge >= 0.3 is 0 Å². The standard InChI is InChI=1S/C10H17N/c1-2-8-5-7(1)6-10(8)11-9-3-4-9/h7-11H,1-6H2/t7-,8+,10-/m0/s1. The van der Waals surface area contributed by atoms with Gasteiger partial charge in [-0.3, -0.25) is 0 Å². The molecule has 62 valence electrons. The van der Waals surface area contributed by atoms with E-state index in [1.54, 1.807) is 6.42 Å². The van der Waals surface area contributed by atoms with E-state index < -0.39 is 0 Å². The second kappa shape index (κ2) is 2.22. The van der Waals surface area contributed by atoms with Crippen molar-refractivity contribution in [1.29, 1.82) is 0 Å². The summed E-state index contributed by atoms with van der Waals surface area (Å²) in [5, 5.41) is 3.78. The third-order valence-electron chi connectivity index (χ3n) is 3.77. The van der Waals surface area contributed by atoms with Crippen LogP contribution in [-0.4, -0.2) is 12.1 Å². The Balaban J connectivity index is 1.62. The minimum absolute atomic E-state index is 0.930. The summed E-state index contributed by atoms with van der Waals surface area (Å²) in [6.45, 7) is 0. The fourth-order valence-corrected chi connectivity index (χ4v) is 3.00. The molecule has 1 nitrogen and oxygen atoms in total. The molecule has 0 aliphatic heterocycles. The molecule has 0 heterocycles. The summed E-state index contributed by atoms with van der Waals surface area (Å²) in [6, 6.07) is 1.86. The highest BCUT2D eigenvalue weighted by Crippen LogP contribution is 2.45. The zero-order chi connectivity index (χ0) is 7.26. The number of hydrogen-bond acceptors (Lipinski definition) is 1. The van der Waals surface area contributed by atoms with Crippen LogP contribution in [0.5, 0.6) is 0 Å². The number of rotatable bonds is 2. The lowest BCUT2D eigenvalue weighted by molar-refractivity contribution is 0.350. The lowest BCUT2D eigenvalue weighted by Crippen LogP contribution is -2.35. The first-order valence-electron chi connectivity index (χ1n) is 5.18. The monoisotopic (exact) mass is 151 g/mol. The Hall–Kier alpha value is -0.0400. The van der Waals surface area contributed by atoms with E-state index in [9.17, 15) is 0 Å². The molecular weight excluding hydrogens is 134 g/mol. The number of nitrogens with one attached hydrogen (secondary N) is 1. The highest BCUT2D eigenvalue weighted by atomic mass is 15.0. The van der Waals surface area contributed by atoms with Gasteiger partial charge in [-0.25, -0.2) is 0 Å². The van der Waals surface area contributed by atoms with E-state index in [1.807, 2.05) is 0 Å². The molecule has 0 amide bonds. The molecule has 1 N–H and O–H groups in total. The molecule has 0 unspecified atom stereocenters. The van der Waals surface area contributed by atoms with Gasteiger partial charge in [-0.2, -0.15) is 0 Å². The predicted molar refractivity (Wildman–Crippen MR) is 45.4 cm³/mol. The van der Waals surface area contributed by atoms with E-state index in [4.69, 9.17) is 0 Å². The van der Waals surface area contributed by atoms with Gasteiger partial charge in [0.2, 0.25) is 0 Å². The minimum atomic E-state index is 0.930. The smallest absolute Gasteiger partial charge is 0.0101 e. The first kappa shape index (κ1) is 6.47. The average Bonchev–Trinajstić information content (AvgIpc) is 2.61. The van der Waals surface area contributed by atoms with Gasteiger partial charge in [-0.15, -0.1) is 0 Å². The van der Waals surface area contributed by atoms with Crippen molar-refractivity contribution in [3.63, 3.8) is 0 Å². The Morgan fingerprint density at radius 1 is 0.909 bits per heavy atom. The van der Waals surface area contributed by atoms with Crippen LogP contribution < -0.4 is 5.32 Å². The van der Waals surface area contributed by atoms with Gasteiger partial charge in [-0.1, -0.05) is 6.42 Å². The van der Waals surface area contributed by atoms with Crippen LogP contribution >= 0.6 is 0 Å². The fraction of sp³-hybridized carbons (Fsp3) is 1.00. The molecule has 0 saturated heterocycles. The number of fused-ring (bicyclic) bond motifs is 2. The second-order valence-corrected chi connectivity index (χ2v) is 4.72. The quantitative estimate of drug-likeness (QED) is 0.636. The van der Waals surface area contributed by atoms with Gasteiger partial charge in [0.15, 0.2) is 0 Å². The summed E-state index contributed by atoms with van der Waals surface area (Å²) in [5.41, 5.74) is 0. The van der Waals surface area contributed by atoms with E-state index >= 15 is 0 Å². The van der Waals surface area contributed by atoms with Crippen molar-refractivity contribution < 1.29 is 0 Å². The van der Waals surface area contributed by atoms with E-state index in [0.29, 0.717) is 0 Å². The maximum absolute atomic E-state index is 3.78. The van der Waals surface area contributed by atoms with Crippen LogP contribution in [-0.2, 0) is 0 Å². The molecule has 0 spiro atoms. The summed E-state index contributed by atoms with van der Waals surface area (Å²) >= 11 is 0. The molecule has 3 aliphatic rings. The van der Waals surface area contributed by atoms with E-state index in [2.05, 4.69) is 5.32 Å². The molecule has 3 aliphatic carbocycles. The van der Waals surface area contributed by atoms with Crippen molar-refractivity contribution in [3.8, 4) is 0 Å². The summed E-state index contributed by atoms with van der Waals surface area (Å²) in [7, 11) is 0. The van der Waals surface area contributed by atoms with Crippen LogP contribution in [0.3, 0.4) is 0 Å². The highest BCUT2D eigenvalue weighted by Gasteiger charge is 2.41. The van der Waals surface area contributed by atoms with Crippen LogP contribution in [0.4, 0.5) is 0 Å². The topological polar surface area (TPSA) is 12.0 Å². The van der Waals surface area contributed by atoms with Crippen molar-refractivity contribution >= 4 is 0 Å². The highest BCUT2D eigenvalue weighted by molar-refractivity contribution is 4.97. The molecule has 1 heteroatoms. The maximum atomic E-state index is 3.78. The molecule has 0 radical (unpaired) electrons. The molecule has 11 heavy (non-hydrogen) atoms. The summed E-state index contributed by atoms with van der Waals surface area (Å²) < 4.78 is 0. The van der Waals surface area contributed by atoms with Gasteiger partial charge in [0.25, 0.3) is 0 Å². The zero-order valence-corrected chi connectivity index (χ0v) is 7.05. The maximum Gasteiger partial charge on any atom is 0.0101 e. The van der Waals surface area contributed by atoms with Crippen molar-refractivity contribution in [2.75, 3.05) is 0 Å². The second-order valence-electron chi connectivity index (χ2n) is 4.72.